The number of aromatic nitrogens is 3. The summed E-state index contributed by atoms with van der Waals surface area (Å²) in [7, 11) is 0. The number of nitro groups is 1. The van der Waals surface area contributed by atoms with Gasteiger partial charge in [0, 0.05) is 17.7 Å². The van der Waals surface area contributed by atoms with E-state index in [-0.39, 0.29) is 17.0 Å². The van der Waals surface area contributed by atoms with Crippen LogP contribution in [0.5, 0.6) is 5.75 Å². The van der Waals surface area contributed by atoms with Crippen LogP contribution in [0.25, 0.3) is 11.0 Å². The summed E-state index contributed by atoms with van der Waals surface area (Å²) in [4.78, 5) is 22.4. The fourth-order valence-electron chi connectivity index (χ4n) is 2.30. The van der Waals surface area contributed by atoms with E-state index in [1.165, 1.54) is 16.8 Å². The van der Waals surface area contributed by atoms with Gasteiger partial charge in [0.25, 0.3) is 11.6 Å². The normalized spacial score (nSPS) is 12.3. The van der Waals surface area contributed by atoms with Crippen molar-refractivity contribution in [1.82, 2.24) is 20.4 Å². The van der Waals surface area contributed by atoms with Gasteiger partial charge in [0.05, 0.1) is 16.7 Å². The number of hydrazone groups is 1. The lowest BCUT2D eigenvalue weighted by molar-refractivity contribution is -0.384. The van der Waals surface area contributed by atoms with Crippen LogP contribution >= 0.6 is 0 Å². The van der Waals surface area contributed by atoms with E-state index in [4.69, 9.17) is 0 Å². The quantitative estimate of drug-likeness (QED) is 0.407. The number of aromatic hydroxyl groups is 1. The summed E-state index contributed by atoms with van der Waals surface area (Å²) in [6, 6.07) is 10.0. The predicted molar refractivity (Wildman–Crippen MR) is 92.7 cm³/mol. The lowest BCUT2D eigenvalue weighted by Crippen LogP contribution is -2.28. The van der Waals surface area contributed by atoms with Gasteiger partial charge in [0.15, 0.2) is 0 Å². The van der Waals surface area contributed by atoms with Crippen LogP contribution in [0.2, 0.25) is 0 Å². The van der Waals surface area contributed by atoms with Gasteiger partial charge in [0.1, 0.15) is 17.3 Å². The Hall–Kier alpha value is -3.82. The maximum absolute atomic E-state index is 12.3. The Labute approximate surface area is 146 Å². The molecule has 0 unspecified atom stereocenters. The Bertz CT molecular complexity index is 1010. The molecular weight excluding hydrogens is 340 g/mol. The third kappa shape index (κ3) is 3.34. The van der Waals surface area contributed by atoms with Gasteiger partial charge in [-0.25, -0.2) is 10.1 Å². The Morgan fingerprint density at radius 3 is 2.92 bits per heavy atom. The van der Waals surface area contributed by atoms with E-state index in [9.17, 15) is 20.0 Å². The molecule has 1 heterocycles. The van der Waals surface area contributed by atoms with Gasteiger partial charge >= 0.3 is 0 Å². The number of non-ortho nitro benzene ring substituents is 1. The van der Waals surface area contributed by atoms with Crippen molar-refractivity contribution in [2.24, 2.45) is 5.10 Å². The number of para-hydroxylation sites is 1. The number of nitrogens with one attached hydrogen (secondary N) is 1. The van der Waals surface area contributed by atoms with E-state index in [1.807, 2.05) is 12.1 Å². The second kappa shape index (κ2) is 6.97. The van der Waals surface area contributed by atoms with E-state index in [2.05, 4.69) is 20.8 Å². The van der Waals surface area contributed by atoms with E-state index >= 15 is 0 Å². The zero-order valence-electron chi connectivity index (χ0n) is 13.6. The van der Waals surface area contributed by atoms with Crippen LogP contribution in [0.4, 0.5) is 5.69 Å². The Morgan fingerprint density at radius 2 is 2.15 bits per heavy atom. The highest BCUT2D eigenvalue weighted by Crippen LogP contribution is 2.21. The lowest BCUT2D eigenvalue weighted by atomic mass is 10.2. The molecule has 1 aromatic heterocycles. The van der Waals surface area contributed by atoms with Crippen molar-refractivity contribution in [2.75, 3.05) is 0 Å². The van der Waals surface area contributed by atoms with E-state index in [0.29, 0.717) is 11.0 Å². The number of phenols is 1. The summed E-state index contributed by atoms with van der Waals surface area (Å²) in [6.45, 7) is 1.64. The average molecular weight is 354 g/mol. The molecule has 1 amide bonds. The van der Waals surface area contributed by atoms with Crippen molar-refractivity contribution in [1.29, 1.82) is 0 Å². The molecule has 0 aliphatic heterocycles. The van der Waals surface area contributed by atoms with E-state index < -0.39 is 16.9 Å². The fraction of sp³-hybridized carbons (Fsp3) is 0.125. The van der Waals surface area contributed by atoms with Crippen molar-refractivity contribution in [2.45, 2.75) is 13.0 Å². The molecule has 0 bridgehead atoms. The molecule has 0 aliphatic carbocycles. The smallest absolute Gasteiger partial charge is 0.270 e. The highest BCUT2D eigenvalue weighted by atomic mass is 16.6. The van der Waals surface area contributed by atoms with Gasteiger partial charge in [0.2, 0.25) is 0 Å². The average Bonchev–Trinajstić information content (AvgIpc) is 3.06. The summed E-state index contributed by atoms with van der Waals surface area (Å²) in [6.07, 6.45) is 1.13. The summed E-state index contributed by atoms with van der Waals surface area (Å²) in [5.74, 6) is -0.647. The van der Waals surface area contributed by atoms with Crippen molar-refractivity contribution >= 4 is 28.8 Å². The summed E-state index contributed by atoms with van der Waals surface area (Å²) in [5, 5.41) is 32.2. The summed E-state index contributed by atoms with van der Waals surface area (Å²) in [5.41, 5.74) is 3.60. The third-order valence-corrected chi connectivity index (χ3v) is 3.72. The van der Waals surface area contributed by atoms with Crippen LogP contribution in [0.3, 0.4) is 0 Å². The largest absolute Gasteiger partial charge is 0.507 e. The van der Waals surface area contributed by atoms with Crippen LogP contribution in [-0.4, -0.2) is 37.1 Å². The minimum atomic E-state index is -0.682. The molecule has 3 rings (SSSR count). The molecule has 1 atom stereocenters. The molecule has 0 saturated heterocycles. The molecule has 10 nitrogen and oxygen atoms in total. The number of rotatable bonds is 5. The number of hydrogen-bond acceptors (Lipinski definition) is 7. The number of fused-ring (bicyclic) bond motifs is 1. The molecular formula is C16H14N6O4. The van der Waals surface area contributed by atoms with Crippen LogP contribution < -0.4 is 5.43 Å². The first-order valence-electron chi connectivity index (χ1n) is 7.57. The monoisotopic (exact) mass is 354 g/mol. The molecule has 2 aromatic carbocycles. The third-order valence-electron chi connectivity index (χ3n) is 3.72. The highest BCUT2D eigenvalue weighted by Gasteiger charge is 2.18. The number of nitro benzene ring substituents is 1. The molecule has 0 radical (unpaired) electrons. The lowest BCUT2D eigenvalue weighted by Gasteiger charge is -2.10. The van der Waals surface area contributed by atoms with Gasteiger partial charge in [-0.2, -0.15) is 5.10 Å². The number of amides is 1. The number of phenolic OH excluding ortho intramolecular Hbond substituents is 1. The minimum absolute atomic E-state index is 0.110. The molecule has 0 spiro atoms. The molecule has 10 heteroatoms. The Morgan fingerprint density at radius 1 is 1.38 bits per heavy atom. The Balaban J connectivity index is 1.73. The maximum atomic E-state index is 12.3. The SMILES string of the molecule is C[C@@H](C(=O)NN=Cc1cc([N+](=O)[O-])ccc1O)n1nnc2ccccc21. The number of hydrogen-bond donors (Lipinski definition) is 2. The van der Waals surface area contributed by atoms with Gasteiger partial charge in [-0.15, -0.1) is 5.10 Å². The van der Waals surface area contributed by atoms with Crippen molar-refractivity contribution in [3.05, 3.63) is 58.1 Å². The minimum Gasteiger partial charge on any atom is -0.507 e. The second-order valence-electron chi connectivity index (χ2n) is 5.43. The predicted octanol–water partition coefficient (Wildman–Crippen LogP) is 1.76. The van der Waals surface area contributed by atoms with Crippen LogP contribution in [0.15, 0.2) is 47.6 Å². The van der Waals surface area contributed by atoms with Gasteiger partial charge in [-0.1, -0.05) is 17.3 Å². The molecule has 2 N–H and O–H groups in total. The number of carbonyl (C=O) groups is 1. The Kier molecular flexibility index (Phi) is 4.56. The standard InChI is InChI=1S/C16H14N6O4/c1-10(21-14-5-3-2-4-13(14)18-20-21)16(24)19-17-9-11-8-12(22(25)26)6-7-15(11)23/h2-10,23H,1H3,(H,19,24)/t10-/m0/s1. The number of benzene rings is 2. The molecule has 0 saturated carbocycles. The topological polar surface area (TPSA) is 136 Å². The van der Waals surface area contributed by atoms with Gasteiger partial charge in [-0.05, 0) is 25.1 Å². The maximum Gasteiger partial charge on any atom is 0.270 e. The first kappa shape index (κ1) is 17.0. The number of carbonyl (C=O) groups excluding carboxylic acids is 1. The molecule has 3 aromatic rings. The molecule has 0 aliphatic rings. The van der Waals surface area contributed by atoms with Crippen molar-refractivity contribution in [3.8, 4) is 5.75 Å². The second-order valence-corrected chi connectivity index (χ2v) is 5.43. The van der Waals surface area contributed by atoms with E-state index in [1.54, 1.807) is 19.1 Å². The first-order valence-corrected chi connectivity index (χ1v) is 7.57. The first-order chi connectivity index (χ1) is 12.5. The van der Waals surface area contributed by atoms with Gasteiger partial charge < -0.3 is 5.11 Å². The molecule has 26 heavy (non-hydrogen) atoms. The van der Waals surface area contributed by atoms with Crippen molar-refractivity contribution in [3.63, 3.8) is 0 Å². The van der Waals surface area contributed by atoms with Crippen LogP contribution in [-0.2, 0) is 4.79 Å². The zero-order chi connectivity index (χ0) is 18.7. The zero-order valence-corrected chi connectivity index (χ0v) is 13.6. The van der Waals surface area contributed by atoms with Gasteiger partial charge in [-0.3, -0.25) is 14.9 Å². The fourth-order valence-corrected chi connectivity index (χ4v) is 2.30. The molecule has 0 fully saturated rings. The molecule has 132 valence electrons. The van der Waals surface area contributed by atoms with Crippen LogP contribution in [0, 0.1) is 10.1 Å². The van der Waals surface area contributed by atoms with Crippen LogP contribution in [0.1, 0.15) is 18.5 Å². The highest BCUT2D eigenvalue weighted by molar-refractivity contribution is 5.87. The summed E-state index contributed by atoms with van der Waals surface area (Å²) < 4.78 is 1.46. The van der Waals surface area contributed by atoms with E-state index in [0.717, 1.165) is 12.3 Å². The number of nitrogens with zero attached hydrogens (tertiary/aromatic N) is 5. The van der Waals surface area contributed by atoms with Crippen molar-refractivity contribution < 1.29 is 14.8 Å². The summed E-state index contributed by atoms with van der Waals surface area (Å²) >= 11 is 0.